The summed E-state index contributed by atoms with van der Waals surface area (Å²) in [6, 6.07) is 14.7. The molecule has 39 heavy (non-hydrogen) atoms. The van der Waals surface area contributed by atoms with Crippen molar-refractivity contribution in [3.63, 3.8) is 0 Å². The first kappa shape index (κ1) is 24.6. The van der Waals surface area contributed by atoms with Gasteiger partial charge in [0, 0.05) is 44.6 Å². The zero-order valence-corrected chi connectivity index (χ0v) is 21.2. The highest BCUT2D eigenvalue weighted by Crippen LogP contribution is 2.23. The molecule has 11 heteroatoms. The van der Waals surface area contributed by atoms with Crippen molar-refractivity contribution in [1.29, 1.82) is 0 Å². The van der Waals surface area contributed by atoms with Crippen LogP contribution < -0.4 is 9.64 Å². The molecule has 0 radical (unpaired) electrons. The van der Waals surface area contributed by atoms with Crippen molar-refractivity contribution in [3.05, 3.63) is 96.2 Å². The summed E-state index contributed by atoms with van der Waals surface area (Å²) in [6.45, 7) is 4.70. The molecule has 0 aliphatic carbocycles. The highest BCUT2D eigenvalue weighted by Gasteiger charge is 2.22. The standard InChI is InChI=1S/C28H27N7O4/c36-28(37)21-4-5-22-23(16-21)35(18-27-30-10-15-38-27)25(31-22)17-33-11-13-34(14-12-33)24-2-1-3-26(32-24)39-19-20-6-8-29-9-7-20/h1-10,15-16H,11-14,17-19H2,(H,36,37). The van der Waals surface area contributed by atoms with Crippen molar-refractivity contribution >= 4 is 22.8 Å². The number of hydrogen-bond acceptors (Lipinski definition) is 9. The van der Waals surface area contributed by atoms with Crippen LogP contribution in [-0.2, 0) is 19.7 Å². The number of anilines is 1. The maximum absolute atomic E-state index is 11.6. The monoisotopic (exact) mass is 525 g/mol. The molecule has 5 aromatic rings. The Morgan fingerprint density at radius 3 is 2.59 bits per heavy atom. The van der Waals surface area contributed by atoms with Crippen LogP contribution in [0.5, 0.6) is 5.88 Å². The molecule has 11 nitrogen and oxygen atoms in total. The van der Waals surface area contributed by atoms with Crippen LogP contribution >= 0.6 is 0 Å². The largest absolute Gasteiger partial charge is 0.478 e. The first-order valence-electron chi connectivity index (χ1n) is 12.7. The van der Waals surface area contributed by atoms with Gasteiger partial charge in [-0.3, -0.25) is 9.88 Å². The topological polar surface area (TPSA) is 123 Å². The number of pyridine rings is 2. The quantitative estimate of drug-likeness (QED) is 0.306. The molecular formula is C28H27N7O4. The van der Waals surface area contributed by atoms with E-state index in [2.05, 4.69) is 19.8 Å². The Balaban J connectivity index is 1.14. The molecule has 198 valence electrons. The average Bonchev–Trinajstić information content (AvgIpc) is 3.61. The van der Waals surface area contributed by atoms with Crippen molar-refractivity contribution in [2.24, 2.45) is 0 Å². The number of rotatable bonds is 9. The Kier molecular flexibility index (Phi) is 6.88. The summed E-state index contributed by atoms with van der Waals surface area (Å²) >= 11 is 0. The molecule has 0 atom stereocenters. The third kappa shape index (κ3) is 5.58. The van der Waals surface area contributed by atoms with Crippen LogP contribution in [0.1, 0.15) is 27.6 Å². The number of imidazole rings is 1. The van der Waals surface area contributed by atoms with Crippen molar-refractivity contribution in [3.8, 4) is 5.88 Å². The van der Waals surface area contributed by atoms with Gasteiger partial charge in [-0.2, -0.15) is 4.98 Å². The maximum atomic E-state index is 11.6. The second kappa shape index (κ2) is 10.9. The fraction of sp³-hybridized carbons (Fsp3) is 0.250. The number of oxazole rings is 1. The van der Waals surface area contributed by atoms with Crippen LogP contribution in [0, 0.1) is 0 Å². The second-order valence-corrected chi connectivity index (χ2v) is 9.29. The number of aromatic carboxylic acids is 1. The Bertz CT molecular complexity index is 1560. The Morgan fingerprint density at radius 1 is 0.974 bits per heavy atom. The number of aromatic nitrogens is 5. The fourth-order valence-electron chi connectivity index (χ4n) is 4.70. The minimum absolute atomic E-state index is 0.218. The number of hydrogen-bond donors (Lipinski definition) is 1. The van der Waals surface area contributed by atoms with Gasteiger partial charge in [0.05, 0.1) is 29.3 Å². The molecule has 0 saturated carbocycles. The van der Waals surface area contributed by atoms with Gasteiger partial charge in [-0.15, -0.1) is 0 Å². The number of ether oxygens (including phenoxy) is 1. The average molecular weight is 526 g/mol. The van der Waals surface area contributed by atoms with Gasteiger partial charge >= 0.3 is 5.97 Å². The summed E-state index contributed by atoms with van der Waals surface area (Å²) in [5, 5.41) is 9.49. The van der Waals surface area contributed by atoms with Gasteiger partial charge in [-0.1, -0.05) is 6.07 Å². The van der Waals surface area contributed by atoms with Crippen molar-refractivity contribution in [2.75, 3.05) is 31.1 Å². The van der Waals surface area contributed by atoms with Crippen LogP contribution in [0.4, 0.5) is 5.82 Å². The number of benzene rings is 1. The lowest BCUT2D eigenvalue weighted by Crippen LogP contribution is -2.46. The van der Waals surface area contributed by atoms with Gasteiger partial charge in [0.15, 0.2) is 0 Å². The molecule has 0 amide bonds. The molecule has 0 spiro atoms. The maximum Gasteiger partial charge on any atom is 0.335 e. The number of fused-ring (bicyclic) bond motifs is 1. The Hall–Kier alpha value is -4.77. The van der Waals surface area contributed by atoms with Crippen molar-refractivity contribution < 1.29 is 19.1 Å². The predicted octanol–water partition coefficient (Wildman–Crippen LogP) is 3.46. The van der Waals surface area contributed by atoms with Crippen LogP contribution in [0.3, 0.4) is 0 Å². The van der Waals surface area contributed by atoms with E-state index in [1.807, 2.05) is 34.9 Å². The SMILES string of the molecule is O=C(O)c1ccc2nc(CN3CCN(c4cccc(OCc5ccncc5)n4)CC3)n(Cc3ncco3)c2c1. The molecular weight excluding hydrogens is 498 g/mol. The van der Waals surface area contributed by atoms with Crippen LogP contribution in [-0.4, -0.2) is 66.7 Å². The summed E-state index contributed by atoms with van der Waals surface area (Å²) in [7, 11) is 0. The summed E-state index contributed by atoms with van der Waals surface area (Å²) in [5.41, 5.74) is 2.75. The van der Waals surface area contributed by atoms with Crippen molar-refractivity contribution in [2.45, 2.75) is 19.7 Å². The minimum atomic E-state index is -0.973. The van der Waals surface area contributed by atoms with E-state index in [1.54, 1.807) is 36.8 Å². The lowest BCUT2D eigenvalue weighted by molar-refractivity contribution is 0.0697. The fourth-order valence-corrected chi connectivity index (χ4v) is 4.70. The van der Waals surface area contributed by atoms with E-state index < -0.39 is 5.97 Å². The van der Waals surface area contributed by atoms with Crippen LogP contribution in [0.2, 0.25) is 0 Å². The Morgan fingerprint density at radius 2 is 1.82 bits per heavy atom. The summed E-state index contributed by atoms with van der Waals surface area (Å²) < 4.78 is 13.4. The van der Waals surface area contributed by atoms with Gasteiger partial charge in [0.1, 0.15) is 31.1 Å². The second-order valence-electron chi connectivity index (χ2n) is 9.29. The summed E-state index contributed by atoms with van der Waals surface area (Å²) in [5.74, 6) is 1.88. The van der Waals surface area contributed by atoms with Gasteiger partial charge in [0.25, 0.3) is 0 Å². The van der Waals surface area contributed by atoms with E-state index in [4.69, 9.17) is 19.1 Å². The zero-order valence-electron chi connectivity index (χ0n) is 21.2. The van der Waals surface area contributed by atoms with Crippen molar-refractivity contribution in [1.82, 2.24) is 29.4 Å². The van der Waals surface area contributed by atoms with E-state index in [1.165, 1.54) is 6.26 Å². The molecule has 5 heterocycles. The smallest absolute Gasteiger partial charge is 0.335 e. The van der Waals surface area contributed by atoms with Crippen LogP contribution in [0.25, 0.3) is 11.0 Å². The van der Waals surface area contributed by atoms with E-state index in [0.29, 0.717) is 31.5 Å². The molecule has 0 unspecified atom stereocenters. The highest BCUT2D eigenvalue weighted by atomic mass is 16.5. The molecule has 6 rings (SSSR count). The first-order chi connectivity index (χ1) is 19.1. The Labute approximate surface area is 224 Å². The van der Waals surface area contributed by atoms with E-state index >= 15 is 0 Å². The highest BCUT2D eigenvalue weighted by molar-refractivity contribution is 5.92. The summed E-state index contributed by atoms with van der Waals surface area (Å²) in [6.07, 6.45) is 6.63. The molecule has 4 aromatic heterocycles. The van der Waals surface area contributed by atoms with Crippen LogP contribution in [0.15, 0.2) is 77.8 Å². The molecule has 1 aliphatic heterocycles. The summed E-state index contributed by atoms with van der Waals surface area (Å²) in [4.78, 5) is 34.0. The lowest BCUT2D eigenvalue weighted by atomic mass is 10.2. The van der Waals surface area contributed by atoms with Gasteiger partial charge in [0.2, 0.25) is 11.8 Å². The molecule has 1 N–H and O–H groups in total. The van der Waals surface area contributed by atoms with E-state index in [0.717, 1.165) is 54.4 Å². The third-order valence-electron chi connectivity index (χ3n) is 6.76. The van der Waals surface area contributed by atoms with Gasteiger partial charge < -0.3 is 23.7 Å². The molecule has 1 aliphatic rings. The molecule has 1 saturated heterocycles. The normalized spacial score (nSPS) is 14.1. The van der Waals surface area contributed by atoms with Gasteiger partial charge in [-0.25, -0.2) is 14.8 Å². The number of piperazine rings is 1. The molecule has 1 fully saturated rings. The van der Waals surface area contributed by atoms with Gasteiger partial charge in [-0.05, 0) is 42.0 Å². The van der Waals surface area contributed by atoms with E-state index in [9.17, 15) is 9.90 Å². The molecule has 1 aromatic carbocycles. The number of nitrogens with zero attached hydrogens (tertiary/aromatic N) is 7. The number of carboxylic acid groups (broad SMARTS) is 1. The van der Waals surface area contributed by atoms with E-state index in [-0.39, 0.29) is 5.56 Å². The minimum Gasteiger partial charge on any atom is -0.478 e. The lowest BCUT2D eigenvalue weighted by Gasteiger charge is -2.35. The zero-order chi connectivity index (χ0) is 26.6. The molecule has 0 bridgehead atoms. The number of carbonyl (C=O) groups is 1. The first-order valence-corrected chi connectivity index (χ1v) is 12.7. The number of carboxylic acids is 1. The third-order valence-corrected chi connectivity index (χ3v) is 6.76. The predicted molar refractivity (Wildman–Crippen MR) is 143 cm³/mol.